The molecule has 1 aliphatic carbocycles. The lowest BCUT2D eigenvalue weighted by Gasteiger charge is -2.26. The first-order valence-electron chi connectivity index (χ1n) is 6.71. The van der Waals surface area contributed by atoms with Gasteiger partial charge in [-0.05, 0) is 31.9 Å². The third kappa shape index (κ3) is 5.05. The van der Waals surface area contributed by atoms with E-state index in [-0.39, 0.29) is 6.23 Å². The molecule has 0 aromatic carbocycles. The summed E-state index contributed by atoms with van der Waals surface area (Å²) in [6.07, 6.45) is 7.82. The molecule has 4 nitrogen and oxygen atoms in total. The Hall–Kier alpha value is 0.0569. The van der Waals surface area contributed by atoms with Crippen molar-refractivity contribution in [3.05, 3.63) is 0 Å². The van der Waals surface area contributed by atoms with Crippen LogP contribution in [0.15, 0.2) is 0 Å². The Kier molecular flexibility index (Phi) is 7.30. The number of nitrogens with one attached hydrogen (secondary N) is 1. The first kappa shape index (κ1) is 15.1. The van der Waals surface area contributed by atoms with E-state index < -0.39 is 8.56 Å². The van der Waals surface area contributed by atoms with Crippen LogP contribution in [0.5, 0.6) is 0 Å². The number of aliphatic hydroxyl groups is 1. The fourth-order valence-corrected chi connectivity index (χ4v) is 4.17. The fraction of sp³-hybridized carbons (Fsp3) is 1.00. The highest BCUT2D eigenvalue weighted by molar-refractivity contribution is 6.67. The summed E-state index contributed by atoms with van der Waals surface area (Å²) in [5.41, 5.74) is 0. The van der Waals surface area contributed by atoms with Crippen LogP contribution in [0.25, 0.3) is 0 Å². The highest BCUT2D eigenvalue weighted by Gasteiger charge is 2.34. The minimum absolute atomic E-state index is 0.0451. The van der Waals surface area contributed by atoms with Crippen molar-refractivity contribution in [3.63, 3.8) is 0 Å². The van der Waals surface area contributed by atoms with Crippen LogP contribution in [0.4, 0.5) is 0 Å². The van der Waals surface area contributed by atoms with Crippen LogP contribution in [0.3, 0.4) is 0 Å². The van der Waals surface area contributed by atoms with Gasteiger partial charge in [-0.25, -0.2) is 0 Å². The average molecular weight is 261 g/mol. The maximum Gasteiger partial charge on any atom is 0.364 e. The molecule has 1 fully saturated rings. The zero-order valence-electron chi connectivity index (χ0n) is 11.2. The Labute approximate surface area is 106 Å². The molecule has 0 aromatic heterocycles. The lowest BCUT2D eigenvalue weighted by molar-refractivity contribution is 0.195. The van der Waals surface area contributed by atoms with Gasteiger partial charge in [-0.2, -0.15) is 0 Å². The van der Waals surface area contributed by atoms with Crippen molar-refractivity contribution in [3.8, 4) is 0 Å². The average Bonchev–Trinajstić information content (AvgIpc) is 2.41. The summed E-state index contributed by atoms with van der Waals surface area (Å²) < 4.78 is 10.7. The molecule has 0 radical (unpaired) electrons. The van der Waals surface area contributed by atoms with Gasteiger partial charge in [0.2, 0.25) is 0 Å². The van der Waals surface area contributed by atoms with Gasteiger partial charge in [-0.1, -0.05) is 19.3 Å². The summed E-state index contributed by atoms with van der Waals surface area (Å²) in [6, 6.07) is 1.56. The third-order valence-corrected chi connectivity index (χ3v) is 6.84. The van der Waals surface area contributed by atoms with Gasteiger partial charge >= 0.3 is 8.56 Å². The van der Waals surface area contributed by atoms with Gasteiger partial charge in [-0.15, -0.1) is 0 Å². The highest BCUT2D eigenvalue weighted by Crippen LogP contribution is 2.18. The molecular formula is C12H27NO3Si. The molecule has 102 valence electrons. The standard InChI is InChI=1S/C12H27NO3Si/c1-15-17(11-14,16-2)10-6-9-13-12-7-4-3-5-8-12/h12-14H,3-11H2,1-2H3. The lowest BCUT2D eigenvalue weighted by Crippen LogP contribution is -2.45. The van der Waals surface area contributed by atoms with Crippen LogP contribution in [-0.4, -0.2) is 46.7 Å². The van der Waals surface area contributed by atoms with E-state index in [1.165, 1.54) is 32.1 Å². The van der Waals surface area contributed by atoms with Gasteiger partial charge < -0.3 is 19.3 Å². The molecule has 0 saturated heterocycles. The summed E-state index contributed by atoms with van der Waals surface area (Å²) >= 11 is 0. The maximum absolute atomic E-state index is 9.32. The second-order valence-electron chi connectivity index (χ2n) is 4.87. The molecule has 1 rings (SSSR count). The van der Waals surface area contributed by atoms with Crippen LogP contribution in [0.1, 0.15) is 38.5 Å². The molecule has 0 spiro atoms. The van der Waals surface area contributed by atoms with Crippen LogP contribution in [0.2, 0.25) is 6.04 Å². The second-order valence-corrected chi connectivity index (χ2v) is 8.32. The van der Waals surface area contributed by atoms with E-state index in [0.717, 1.165) is 19.0 Å². The highest BCUT2D eigenvalue weighted by atomic mass is 28.4. The molecule has 17 heavy (non-hydrogen) atoms. The van der Waals surface area contributed by atoms with E-state index in [2.05, 4.69) is 5.32 Å². The van der Waals surface area contributed by atoms with Gasteiger partial charge in [0, 0.05) is 20.3 Å². The van der Waals surface area contributed by atoms with Crippen LogP contribution in [-0.2, 0) is 8.85 Å². The smallest absolute Gasteiger partial charge is 0.364 e. The zero-order chi connectivity index (χ0) is 12.6. The van der Waals surface area contributed by atoms with E-state index in [1.54, 1.807) is 14.2 Å². The first-order chi connectivity index (χ1) is 8.26. The van der Waals surface area contributed by atoms with E-state index in [4.69, 9.17) is 8.85 Å². The monoisotopic (exact) mass is 261 g/mol. The lowest BCUT2D eigenvalue weighted by atomic mass is 9.95. The Morgan fingerprint density at radius 2 is 1.82 bits per heavy atom. The maximum atomic E-state index is 9.32. The van der Waals surface area contributed by atoms with Crippen molar-refractivity contribution in [2.45, 2.75) is 50.6 Å². The normalized spacial score (nSPS) is 18.5. The van der Waals surface area contributed by atoms with Gasteiger partial charge in [0.1, 0.15) is 0 Å². The van der Waals surface area contributed by atoms with Crippen molar-refractivity contribution in [1.29, 1.82) is 0 Å². The fourth-order valence-electron chi connectivity index (χ4n) is 2.47. The van der Waals surface area contributed by atoms with E-state index in [9.17, 15) is 5.11 Å². The van der Waals surface area contributed by atoms with Crippen molar-refractivity contribution in [2.24, 2.45) is 0 Å². The van der Waals surface area contributed by atoms with Crippen LogP contribution < -0.4 is 5.32 Å². The number of hydrogen-bond acceptors (Lipinski definition) is 4. The molecule has 2 N–H and O–H groups in total. The predicted octanol–water partition coefficient (Wildman–Crippen LogP) is 1.57. The minimum atomic E-state index is -2.29. The van der Waals surface area contributed by atoms with Gasteiger partial charge in [0.15, 0.2) is 0 Å². The van der Waals surface area contributed by atoms with Crippen molar-refractivity contribution in [2.75, 3.05) is 27.0 Å². The summed E-state index contributed by atoms with van der Waals surface area (Å²) in [5, 5.41) is 12.9. The largest absolute Gasteiger partial charge is 0.396 e. The predicted molar refractivity (Wildman–Crippen MR) is 71.2 cm³/mol. The molecule has 0 heterocycles. The zero-order valence-corrected chi connectivity index (χ0v) is 12.2. The summed E-state index contributed by atoms with van der Waals surface area (Å²) in [5.74, 6) is 0. The third-order valence-electron chi connectivity index (χ3n) is 3.76. The molecule has 5 heteroatoms. The number of aliphatic hydroxyl groups excluding tert-OH is 1. The molecule has 0 atom stereocenters. The van der Waals surface area contributed by atoms with Crippen molar-refractivity contribution < 1.29 is 14.0 Å². The minimum Gasteiger partial charge on any atom is -0.396 e. The topological polar surface area (TPSA) is 50.7 Å². The Bertz CT molecular complexity index is 186. The molecule has 0 bridgehead atoms. The van der Waals surface area contributed by atoms with Gasteiger partial charge in [0.05, 0.1) is 6.23 Å². The van der Waals surface area contributed by atoms with Gasteiger partial charge in [-0.3, -0.25) is 0 Å². The van der Waals surface area contributed by atoms with E-state index >= 15 is 0 Å². The molecule has 0 unspecified atom stereocenters. The summed E-state index contributed by atoms with van der Waals surface area (Å²) in [4.78, 5) is 0. The Morgan fingerprint density at radius 3 is 2.35 bits per heavy atom. The summed E-state index contributed by atoms with van der Waals surface area (Å²) in [7, 11) is 0.990. The van der Waals surface area contributed by atoms with E-state index in [0.29, 0.717) is 6.04 Å². The Balaban J connectivity index is 2.13. The quantitative estimate of drug-likeness (QED) is 0.514. The Morgan fingerprint density at radius 1 is 1.18 bits per heavy atom. The van der Waals surface area contributed by atoms with Crippen LogP contribution >= 0.6 is 0 Å². The molecule has 0 amide bonds. The van der Waals surface area contributed by atoms with Gasteiger partial charge in [0.25, 0.3) is 0 Å². The van der Waals surface area contributed by atoms with Crippen molar-refractivity contribution >= 4 is 8.56 Å². The second kappa shape index (κ2) is 8.21. The first-order valence-corrected chi connectivity index (χ1v) is 8.94. The summed E-state index contributed by atoms with van der Waals surface area (Å²) in [6.45, 7) is 1.01. The van der Waals surface area contributed by atoms with Crippen LogP contribution in [0, 0.1) is 0 Å². The number of rotatable bonds is 8. The number of hydrogen-bond donors (Lipinski definition) is 2. The molecular weight excluding hydrogens is 234 g/mol. The molecule has 1 saturated carbocycles. The SMILES string of the molecule is CO[Si](CO)(CCCNC1CCCCC1)OC. The van der Waals surface area contributed by atoms with E-state index in [1.807, 2.05) is 0 Å². The molecule has 0 aromatic rings. The molecule has 0 aliphatic heterocycles. The molecule has 1 aliphatic rings. The van der Waals surface area contributed by atoms with Crippen molar-refractivity contribution in [1.82, 2.24) is 5.32 Å².